The molecule has 1 aliphatic rings. The molecule has 5 heteroatoms. The molecule has 18 heavy (non-hydrogen) atoms. The van der Waals surface area contributed by atoms with E-state index in [1.54, 1.807) is 0 Å². The zero-order chi connectivity index (χ0) is 13.1. The Kier molecular flexibility index (Phi) is 4.01. The fourth-order valence-electron chi connectivity index (χ4n) is 2.29. The first kappa shape index (κ1) is 13.1. The van der Waals surface area contributed by atoms with Gasteiger partial charge in [-0.05, 0) is 27.2 Å². The van der Waals surface area contributed by atoms with Crippen molar-refractivity contribution in [3.63, 3.8) is 0 Å². The highest BCUT2D eigenvalue weighted by Gasteiger charge is 2.23. The molecule has 0 spiro atoms. The Morgan fingerprint density at radius 2 is 2.00 bits per heavy atom. The molecular weight excluding hydrogens is 228 g/mol. The van der Waals surface area contributed by atoms with Crippen molar-refractivity contribution in [2.24, 2.45) is 5.92 Å². The van der Waals surface area contributed by atoms with Crippen molar-refractivity contribution in [1.82, 2.24) is 9.97 Å². The lowest BCUT2D eigenvalue weighted by molar-refractivity contribution is 0.183. The van der Waals surface area contributed by atoms with Crippen LogP contribution < -0.4 is 10.6 Å². The number of aromatic nitrogens is 2. The third-order valence-corrected chi connectivity index (χ3v) is 3.53. The average molecular weight is 250 g/mol. The molecular formula is C13H22N4O. The van der Waals surface area contributed by atoms with Crippen LogP contribution in [0.3, 0.4) is 0 Å². The smallest absolute Gasteiger partial charge is 0.134 e. The molecule has 2 atom stereocenters. The van der Waals surface area contributed by atoms with Crippen molar-refractivity contribution in [3.05, 3.63) is 11.4 Å². The standard InChI is InChI=1S/C13H22N4O/c1-8-12(14-4)16-10(3)17-13(8)15-9(2)11-5-6-18-7-11/h9,11H,5-7H2,1-4H3,(H2,14,15,16,17). The van der Waals surface area contributed by atoms with Crippen molar-refractivity contribution < 1.29 is 4.74 Å². The van der Waals surface area contributed by atoms with Crippen molar-refractivity contribution in [2.75, 3.05) is 30.9 Å². The number of nitrogens with zero attached hydrogens (tertiary/aromatic N) is 2. The predicted octanol–water partition coefficient (Wildman–Crippen LogP) is 1.97. The molecule has 2 heterocycles. The molecule has 0 amide bonds. The summed E-state index contributed by atoms with van der Waals surface area (Å²) in [5.74, 6) is 3.16. The first-order chi connectivity index (χ1) is 8.61. The molecule has 0 aliphatic carbocycles. The second-order valence-corrected chi connectivity index (χ2v) is 4.90. The number of ether oxygens (including phenoxy) is 1. The molecule has 2 rings (SSSR count). The Labute approximate surface area is 108 Å². The van der Waals surface area contributed by atoms with Gasteiger partial charge in [0.1, 0.15) is 17.5 Å². The highest BCUT2D eigenvalue weighted by molar-refractivity contribution is 5.57. The van der Waals surface area contributed by atoms with E-state index in [0.717, 1.165) is 42.7 Å². The minimum absolute atomic E-state index is 0.366. The van der Waals surface area contributed by atoms with Crippen molar-refractivity contribution in [2.45, 2.75) is 33.2 Å². The van der Waals surface area contributed by atoms with Gasteiger partial charge >= 0.3 is 0 Å². The van der Waals surface area contributed by atoms with E-state index in [4.69, 9.17) is 4.74 Å². The van der Waals surface area contributed by atoms with Crippen LogP contribution in [0.4, 0.5) is 11.6 Å². The normalized spacial score (nSPS) is 20.8. The van der Waals surface area contributed by atoms with Crippen molar-refractivity contribution >= 4 is 11.6 Å². The van der Waals surface area contributed by atoms with Crippen LogP contribution >= 0.6 is 0 Å². The molecule has 0 radical (unpaired) electrons. The van der Waals surface area contributed by atoms with Gasteiger partial charge in [-0.25, -0.2) is 9.97 Å². The van der Waals surface area contributed by atoms with E-state index in [1.807, 2.05) is 20.9 Å². The number of aryl methyl sites for hydroxylation is 1. The van der Waals surface area contributed by atoms with Crippen LogP contribution in [-0.4, -0.2) is 36.3 Å². The molecule has 0 bridgehead atoms. The van der Waals surface area contributed by atoms with E-state index >= 15 is 0 Å². The van der Waals surface area contributed by atoms with E-state index in [2.05, 4.69) is 27.5 Å². The lowest BCUT2D eigenvalue weighted by Gasteiger charge is -2.21. The lowest BCUT2D eigenvalue weighted by atomic mass is 10.0. The summed E-state index contributed by atoms with van der Waals surface area (Å²) in [4.78, 5) is 8.86. The van der Waals surface area contributed by atoms with Gasteiger partial charge in [0.25, 0.3) is 0 Å². The average Bonchev–Trinajstić information content (AvgIpc) is 2.87. The van der Waals surface area contributed by atoms with Gasteiger partial charge in [0, 0.05) is 31.2 Å². The van der Waals surface area contributed by atoms with E-state index in [-0.39, 0.29) is 0 Å². The van der Waals surface area contributed by atoms with Crippen LogP contribution in [-0.2, 0) is 4.74 Å². The van der Waals surface area contributed by atoms with Gasteiger partial charge < -0.3 is 15.4 Å². The Morgan fingerprint density at radius 3 is 2.61 bits per heavy atom. The zero-order valence-electron chi connectivity index (χ0n) is 11.6. The van der Waals surface area contributed by atoms with Gasteiger partial charge in [0.2, 0.25) is 0 Å². The maximum Gasteiger partial charge on any atom is 0.134 e. The first-order valence-electron chi connectivity index (χ1n) is 6.49. The predicted molar refractivity (Wildman–Crippen MR) is 73.1 cm³/mol. The van der Waals surface area contributed by atoms with Gasteiger partial charge in [-0.2, -0.15) is 0 Å². The minimum atomic E-state index is 0.366. The lowest BCUT2D eigenvalue weighted by Crippen LogP contribution is -2.27. The van der Waals surface area contributed by atoms with Gasteiger partial charge in [-0.15, -0.1) is 0 Å². The van der Waals surface area contributed by atoms with Crippen molar-refractivity contribution in [3.8, 4) is 0 Å². The second kappa shape index (κ2) is 5.52. The monoisotopic (exact) mass is 250 g/mol. The molecule has 0 saturated carbocycles. The van der Waals surface area contributed by atoms with E-state index in [0.29, 0.717) is 12.0 Å². The van der Waals surface area contributed by atoms with Crippen LogP contribution in [0.1, 0.15) is 24.7 Å². The summed E-state index contributed by atoms with van der Waals surface area (Å²) in [5, 5.41) is 6.60. The summed E-state index contributed by atoms with van der Waals surface area (Å²) in [6.07, 6.45) is 1.12. The van der Waals surface area contributed by atoms with Gasteiger partial charge in [-0.3, -0.25) is 0 Å². The first-order valence-corrected chi connectivity index (χ1v) is 6.49. The molecule has 5 nitrogen and oxygen atoms in total. The van der Waals surface area contributed by atoms with Crippen LogP contribution in [0.5, 0.6) is 0 Å². The summed E-state index contributed by atoms with van der Waals surface area (Å²) < 4.78 is 5.43. The number of hydrogen-bond acceptors (Lipinski definition) is 5. The second-order valence-electron chi connectivity index (χ2n) is 4.90. The van der Waals surface area contributed by atoms with Crippen LogP contribution in [0.15, 0.2) is 0 Å². The zero-order valence-corrected chi connectivity index (χ0v) is 11.6. The summed E-state index contributed by atoms with van der Waals surface area (Å²) in [6.45, 7) is 7.85. The van der Waals surface area contributed by atoms with Crippen molar-refractivity contribution in [1.29, 1.82) is 0 Å². The molecule has 1 fully saturated rings. The fourth-order valence-corrected chi connectivity index (χ4v) is 2.29. The van der Waals surface area contributed by atoms with Crippen LogP contribution in [0.25, 0.3) is 0 Å². The summed E-state index contributed by atoms with van der Waals surface area (Å²) in [5.41, 5.74) is 1.06. The number of hydrogen-bond donors (Lipinski definition) is 2. The summed E-state index contributed by atoms with van der Waals surface area (Å²) in [6, 6.07) is 0.366. The maximum absolute atomic E-state index is 5.43. The van der Waals surface area contributed by atoms with Gasteiger partial charge in [-0.1, -0.05) is 0 Å². The molecule has 1 aliphatic heterocycles. The molecule has 0 aromatic carbocycles. The number of anilines is 2. The Morgan fingerprint density at radius 1 is 1.28 bits per heavy atom. The molecule has 2 unspecified atom stereocenters. The SMILES string of the molecule is CNc1nc(C)nc(NC(C)C2CCOC2)c1C. The fraction of sp³-hybridized carbons (Fsp3) is 0.692. The quantitative estimate of drug-likeness (QED) is 0.855. The molecule has 2 N–H and O–H groups in total. The molecule has 1 aromatic heterocycles. The largest absolute Gasteiger partial charge is 0.381 e. The molecule has 1 aromatic rings. The number of rotatable bonds is 4. The third kappa shape index (κ3) is 2.72. The minimum Gasteiger partial charge on any atom is -0.381 e. The van der Waals surface area contributed by atoms with E-state index < -0.39 is 0 Å². The van der Waals surface area contributed by atoms with Gasteiger partial charge in [0.15, 0.2) is 0 Å². The summed E-state index contributed by atoms with van der Waals surface area (Å²) in [7, 11) is 1.88. The van der Waals surface area contributed by atoms with Crippen LogP contribution in [0.2, 0.25) is 0 Å². The third-order valence-electron chi connectivity index (χ3n) is 3.53. The van der Waals surface area contributed by atoms with Gasteiger partial charge in [0.05, 0.1) is 6.61 Å². The molecule has 1 saturated heterocycles. The van der Waals surface area contributed by atoms with E-state index in [9.17, 15) is 0 Å². The summed E-state index contributed by atoms with van der Waals surface area (Å²) >= 11 is 0. The Balaban J connectivity index is 2.14. The topological polar surface area (TPSA) is 59.1 Å². The Hall–Kier alpha value is -1.36. The Bertz CT molecular complexity index is 416. The molecule has 100 valence electrons. The van der Waals surface area contributed by atoms with Crippen LogP contribution in [0, 0.1) is 19.8 Å². The highest BCUT2D eigenvalue weighted by Crippen LogP contribution is 2.24. The van der Waals surface area contributed by atoms with E-state index in [1.165, 1.54) is 0 Å². The maximum atomic E-state index is 5.43. The number of nitrogens with one attached hydrogen (secondary N) is 2. The highest BCUT2D eigenvalue weighted by atomic mass is 16.5.